The van der Waals surface area contributed by atoms with Gasteiger partial charge >= 0.3 is 12.0 Å². The number of furan rings is 1. The first-order valence-corrected chi connectivity index (χ1v) is 9.45. The van der Waals surface area contributed by atoms with E-state index in [1.54, 1.807) is 26.0 Å². The SMILES string of the molecule is CC(C)C(NC(=O)Cc1ccccc1)C(=O)OCC(=O)NC(=O)NCc1ccco1. The van der Waals surface area contributed by atoms with Crippen LogP contribution in [0.3, 0.4) is 0 Å². The maximum atomic E-state index is 12.3. The molecule has 0 aliphatic rings. The fourth-order valence-electron chi connectivity index (χ4n) is 2.52. The molecule has 0 aliphatic heterocycles. The largest absolute Gasteiger partial charge is 0.467 e. The summed E-state index contributed by atoms with van der Waals surface area (Å²) in [5.41, 5.74) is 0.811. The van der Waals surface area contributed by atoms with Gasteiger partial charge in [0.05, 0.1) is 19.2 Å². The van der Waals surface area contributed by atoms with E-state index >= 15 is 0 Å². The normalized spacial score (nSPS) is 11.4. The Hall–Kier alpha value is -3.62. The van der Waals surface area contributed by atoms with Gasteiger partial charge in [-0.05, 0) is 23.6 Å². The van der Waals surface area contributed by atoms with E-state index in [0.717, 1.165) is 5.56 Å². The van der Waals surface area contributed by atoms with E-state index in [-0.39, 0.29) is 24.8 Å². The molecule has 160 valence electrons. The molecule has 0 aliphatic carbocycles. The van der Waals surface area contributed by atoms with Gasteiger partial charge in [0.15, 0.2) is 6.61 Å². The maximum Gasteiger partial charge on any atom is 0.329 e. The highest BCUT2D eigenvalue weighted by atomic mass is 16.5. The number of hydrogen-bond donors (Lipinski definition) is 3. The molecule has 0 radical (unpaired) electrons. The van der Waals surface area contributed by atoms with Crippen molar-refractivity contribution in [1.29, 1.82) is 0 Å². The molecule has 3 N–H and O–H groups in total. The molecule has 0 bridgehead atoms. The second-order valence-electron chi connectivity index (χ2n) is 6.87. The number of urea groups is 1. The summed E-state index contributed by atoms with van der Waals surface area (Å²) < 4.78 is 10.0. The van der Waals surface area contributed by atoms with E-state index in [1.807, 2.05) is 35.6 Å². The number of carbonyl (C=O) groups excluding carboxylic acids is 4. The van der Waals surface area contributed by atoms with Gasteiger partial charge in [-0.3, -0.25) is 14.9 Å². The van der Waals surface area contributed by atoms with Gasteiger partial charge in [-0.2, -0.15) is 0 Å². The molecule has 2 aromatic rings. The smallest absolute Gasteiger partial charge is 0.329 e. The Kier molecular flexibility index (Phi) is 8.61. The summed E-state index contributed by atoms with van der Waals surface area (Å²) in [5, 5.41) is 7.11. The van der Waals surface area contributed by atoms with Crippen LogP contribution in [0.25, 0.3) is 0 Å². The summed E-state index contributed by atoms with van der Waals surface area (Å²) in [6.45, 7) is 2.95. The fraction of sp³-hybridized carbons (Fsp3) is 0.333. The lowest BCUT2D eigenvalue weighted by atomic mass is 10.0. The van der Waals surface area contributed by atoms with E-state index in [0.29, 0.717) is 5.76 Å². The van der Waals surface area contributed by atoms with E-state index in [9.17, 15) is 19.2 Å². The molecule has 1 atom stereocenters. The predicted octanol–water partition coefficient (Wildman–Crippen LogP) is 1.53. The number of rotatable bonds is 9. The Labute approximate surface area is 174 Å². The molecule has 1 aromatic carbocycles. The number of hydrogen-bond acceptors (Lipinski definition) is 6. The highest BCUT2D eigenvalue weighted by Crippen LogP contribution is 2.06. The van der Waals surface area contributed by atoms with Crippen molar-refractivity contribution in [2.45, 2.75) is 32.9 Å². The minimum atomic E-state index is -0.915. The molecule has 0 spiro atoms. The summed E-state index contributed by atoms with van der Waals surface area (Å²) in [4.78, 5) is 48.0. The van der Waals surface area contributed by atoms with Crippen LogP contribution in [-0.2, 0) is 32.1 Å². The van der Waals surface area contributed by atoms with Crippen molar-refractivity contribution < 1.29 is 28.3 Å². The molecule has 0 saturated carbocycles. The molecule has 4 amide bonds. The van der Waals surface area contributed by atoms with E-state index in [2.05, 4.69) is 10.6 Å². The van der Waals surface area contributed by atoms with Gasteiger partial charge in [0.2, 0.25) is 5.91 Å². The van der Waals surface area contributed by atoms with Crippen LogP contribution in [0, 0.1) is 5.92 Å². The Morgan fingerprint density at radius 3 is 2.37 bits per heavy atom. The predicted molar refractivity (Wildman–Crippen MR) is 107 cm³/mol. The van der Waals surface area contributed by atoms with Crippen LogP contribution in [0.2, 0.25) is 0 Å². The van der Waals surface area contributed by atoms with Crippen molar-refractivity contribution in [3.63, 3.8) is 0 Å². The third kappa shape index (κ3) is 7.78. The number of carbonyl (C=O) groups is 4. The van der Waals surface area contributed by atoms with Crippen LogP contribution in [0.5, 0.6) is 0 Å². The van der Waals surface area contributed by atoms with Crippen LogP contribution in [-0.4, -0.2) is 36.5 Å². The third-order valence-corrected chi connectivity index (χ3v) is 4.05. The average molecular weight is 415 g/mol. The number of imide groups is 1. The first-order chi connectivity index (χ1) is 14.3. The van der Waals surface area contributed by atoms with Crippen molar-refractivity contribution in [2.75, 3.05) is 6.61 Å². The molecule has 1 unspecified atom stereocenters. The molecule has 0 fully saturated rings. The molecule has 2 rings (SSSR count). The summed E-state index contributed by atoms with van der Waals surface area (Å²) >= 11 is 0. The zero-order chi connectivity index (χ0) is 21.9. The lowest BCUT2D eigenvalue weighted by molar-refractivity contribution is -0.152. The monoisotopic (exact) mass is 415 g/mol. The zero-order valence-corrected chi connectivity index (χ0v) is 16.8. The highest BCUT2D eigenvalue weighted by Gasteiger charge is 2.26. The molecule has 9 heteroatoms. The minimum Gasteiger partial charge on any atom is -0.467 e. The average Bonchev–Trinajstić information content (AvgIpc) is 3.23. The van der Waals surface area contributed by atoms with Gasteiger partial charge in [-0.1, -0.05) is 44.2 Å². The topological polar surface area (TPSA) is 127 Å². The van der Waals surface area contributed by atoms with E-state index < -0.39 is 30.6 Å². The molecule has 0 saturated heterocycles. The van der Waals surface area contributed by atoms with Gasteiger partial charge in [0.25, 0.3) is 5.91 Å². The Morgan fingerprint density at radius 2 is 1.73 bits per heavy atom. The lowest BCUT2D eigenvalue weighted by Crippen LogP contribution is -2.47. The summed E-state index contributed by atoms with van der Waals surface area (Å²) in [7, 11) is 0. The molecule has 9 nitrogen and oxygen atoms in total. The highest BCUT2D eigenvalue weighted by molar-refractivity contribution is 5.96. The number of benzene rings is 1. The summed E-state index contributed by atoms with van der Waals surface area (Å²) in [6, 6.07) is 10.8. The van der Waals surface area contributed by atoms with Crippen LogP contribution in [0.15, 0.2) is 53.1 Å². The second kappa shape index (κ2) is 11.4. The molecule has 1 aromatic heterocycles. The van der Waals surface area contributed by atoms with Gasteiger partial charge in [0, 0.05) is 0 Å². The van der Waals surface area contributed by atoms with E-state index in [4.69, 9.17) is 9.15 Å². The van der Waals surface area contributed by atoms with Crippen LogP contribution < -0.4 is 16.0 Å². The maximum absolute atomic E-state index is 12.3. The summed E-state index contributed by atoms with van der Waals surface area (Å²) in [5.74, 6) is -1.61. The standard InChI is InChI=1S/C21H25N3O6/c1-14(2)19(23-17(25)11-15-7-4-3-5-8-15)20(27)30-13-18(26)24-21(28)22-12-16-9-6-10-29-16/h3-10,14,19H,11-13H2,1-2H3,(H,23,25)(H2,22,24,26,28). The van der Waals surface area contributed by atoms with Crippen LogP contribution in [0.1, 0.15) is 25.2 Å². The van der Waals surface area contributed by atoms with Gasteiger partial charge in [0.1, 0.15) is 11.8 Å². The Balaban J connectivity index is 1.76. The van der Waals surface area contributed by atoms with Crippen molar-refractivity contribution in [1.82, 2.24) is 16.0 Å². The molecular formula is C21H25N3O6. The summed E-state index contributed by atoms with van der Waals surface area (Å²) in [6.07, 6.45) is 1.58. The van der Waals surface area contributed by atoms with Crippen molar-refractivity contribution in [3.05, 3.63) is 60.1 Å². The van der Waals surface area contributed by atoms with Gasteiger partial charge in [-0.25, -0.2) is 9.59 Å². The lowest BCUT2D eigenvalue weighted by Gasteiger charge is -2.20. The first kappa shape index (κ1) is 22.7. The van der Waals surface area contributed by atoms with Crippen molar-refractivity contribution in [2.24, 2.45) is 5.92 Å². The molecule has 30 heavy (non-hydrogen) atoms. The fourth-order valence-corrected chi connectivity index (χ4v) is 2.52. The van der Waals surface area contributed by atoms with Crippen molar-refractivity contribution in [3.8, 4) is 0 Å². The minimum absolute atomic E-state index is 0.106. The molecule has 1 heterocycles. The first-order valence-electron chi connectivity index (χ1n) is 9.45. The zero-order valence-electron chi connectivity index (χ0n) is 16.8. The van der Waals surface area contributed by atoms with E-state index in [1.165, 1.54) is 6.26 Å². The second-order valence-corrected chi connectivity index (χ2v) is 6.87. The van der Waals surface area contributed by atoms with Gasteiger partial charge in [-0.15, -0.1) is 0 Å². The van der Waals surface area contributed by atoms with Gasteiger partial charge < -0.3 is 19.8 Å². The number of amides is 4. The quantitative estimate of drug-likeness (QED) is 0.533. The van der Waals surface area contributed by atoms with Crippen molar-refractivity contribution >= 4 is 23.8 Å². The number of nitrogens with one attached hydrogen (secondary N) is 3. The van der Waals surface area contributed by atoms with Crippen LogP contribution in [0.4, 0.5) is 4.79 Å². The number of esters is 1. The Morgan fingerprint density at radius 1 is 1.00 bits per heavy atom. The molecular weight excluding hydrogens is 390 g/mol. The third-order valence-electron chi connectivity index (χ3n) is 4.05. The number of ether oxygens (including phenoxy) is 1. The Bertz CT molecular complexity index is 849. The van der Waals surface area contributed by atoms with Crippen LogP contribution >= 0.6 is 0 Å².